The van der Waals surface area contributed by atoms with Crippen molar-refractivity contribution in [3.63, 3.8) is 0 Å². The summed E-state index contributed by atoms with van der Waals surface area (Å²) in [5.74, 6) is 0. The molecule has 1 aliphatic heterocycles. The number of hydrogen-bond acceptors (Lipinski definition) is 3. The number of pyridine rings is 1. The van der Waals surface area contributed by atoms with Gasteiger partial charge in [0.05, 0.1) is 0 Å². The Bertz CT molecular complexity index is 745. The van der Waals surface area contributed by atoms with Gasteiger partial charge in [0.15, 0.2) is 0 Å². The van der Waals surface area contributed by atoms with Crippen LogP contribution in [-0.2, 0) is 0 Å². The summed E-state index contributed by atoms with van der Waals surface area (Å²) in [6.07, 6.45) is 5.48. The van der Waals surface area contributed by atoms with Crippen LogP contribution >= 0.6 is 15.9 Å². The topological polar surface area (TPSA) is 28.0 Å². The van der Waals surface area contributed by atoms with Gasteiger partial charge in [-0.1, -0.05) is 0 Å². The summed E-state index contributed by atoms with van der Waals surface area (Å²) in [6.45, 7) is 6.52. The van der Waals surface area contributed by atoms with Gasteiger partial charge in [0.2, 0.25) is 0 Å². The van der Waals surface area contributed by atoms with Crippen LogP contribution in [0, 0.1) is 6.92 Å². The molecule has 0 amide bonds. The molecule has 0 radical (unpaired) electrons. The molecule has 0 N–H and O–H groups in total. The average molecular weight is 392 g/mol. The third kappa shape index (κ3) is 3.17. The second kappa shape index (κ2) is 6.98. The van der Waals surface area contributed by atoms with Crippen molar-refractivity contribution in [3.05, 3.63) is 39.6 Å². The van der Waals surface area contributed by atoms with Gasteiger partial charge in [-0.05, 0) is 74.4 Å². The Balaban J connectivity index is 1.96. The van der Waals surface area contributed by atoms with Gasteiger partial charge in [-0.2, -0.15) is 0 Å². The predicted molar refractivity (Wildman–Crippen MR) is 102 cm³/mol. The van der Waals surface area contributed by atoms with E-state index in [1.165, 1.54) is 18.5 Å². The minimum absolute atomic E-state index is 0.287. The molecule has 2 aromatic heterocycles. The van der Waals surface area contributed by atoms with Crippen LogP contribution in [0.5, 0.6) is 0 Å². The lowest BCUT2D eigenvalue weighted by Gasteiger charge is -2.39. The van der Waals surface area contributed by atoms with Crippen LogP contribution in [0.4, 0.5) is 0 Å². The Morgan fingerprint density at radius 3 is 2.54 bits per heavy atom. The molecule has 0 saturated carbocycles. The van der Waals surface area contributed by atoms with E-state index < -0.39 is 0 Å². The first-order valence-electron chi connectivity index (χ1n) is 8.59. The average Bonchev–Trinajstić information content (AvgIpc) is 2.93. The molecule has 0 bridgehead atoms. The molecule has 3 heterocycles. The monoisotopic (exact) mass is 391 g/mol. The summed E-state index contributed by atoms with van der Waals surface area (Å²) >= 11 is 3.57. The van der Waals surface area contributed by atoms with E-state index in [0.717, 1.165) is 40.5 Å². The van der Waals surface area contributed by atoms with Gasteiger partial charge in [-0.3, -0.25) is 9.69 Å². The van der Waals surface area contributed by atoms with Gasteiger partial charge < -0.3 is 9.30 Å². The maximum absolute atomic E-state index is 11.5. The summed E-state index contributed by atoms with van der Waals surface area (Å²) < 4.78 is 3.28. The number of carbonyl (C=O) groups is 1. The quantitative estimate of drug-likeness (QED) is 0.739. The second-order valence-corrected chi connectivity index (χ2v) is 8.00. The number of likely N-dealkylation sites (tertiary alicyclic amines) is 1. The fourth-order valence-corrected chi connectivity index (χ4v) is 4.40. The van der Waals surface area contributed by atoms with E-state index in [1.54, 1.807) is 0 Å². The first-order chi connectivity index (χ1) is 11.4. The van der Waals surface area contributed by atoms with Crippen molar-refractivity contribution in [2.24, 2.45) is 0 Å². The van der Waals surface area contributed by atoms with Crippen molar-refractivity contribution < 1.29 is 4.79 Å². The van der Waals surface area contributed by atoms with E-state index in [0.29, 0.717) is 6.04 Å². The maximum atomic E-state index is 11.5. The number of rotatable bonds is 4. The Morgan fingerprint density at radius 2 is 1.96 bits per heavy atom. The molecule has 4 nitrogen and oxygen atoms in total. The first-order valence-corrected chi connectivity index (χ1v) is 9.38. The molecule has 0 aliphatic carbocycles. The lowest BCUT2D eigenvalue weighted by molar-refractivity contribution is 0.111. The van der Waals surface area contributed by atoms with Crippen LogP contribution in [0.25, 0.3) is 5.52 Å². The summed E-state index contributed by atoms with van der Waals surface area (Å²) in [7, 11) is 4.34. The smallest absolute Gasteiger partial charge is 0.150 e. The van der Waals surface area contributed by atoms with Crippen molar-refractivity contribution in [2.75, 3.05) is 27.2 Å². The van der Waals surface area contributed by atoms with E-state index in [2.05, 4.69) is 70.3 Å². The third-order valence-corrected chi connectivity index (χ3v) is 5.93. The summed E-state index contributed by atoms with van der Waals surface area (Å²) in [4.78, 5) is 16.4. The Morgan fingerprint density at radius 1 is 1.29 bits per heavy atom. The summed E-state index contributed by atoms with van der Waals surface area (Å²) in [5.41, 5.74) is 4.17. The molecule has 2 aromatic rings. The number of halogens is 1. The molecule has 5 heteroatoms. The highest BCUT2D eigenvalue weighted by Crippen LogP contribution is 2.31. The Hall–Kier alpha value is -1.17. The van der Waals surface area contributed by atoms with Crippen molar-refractivity contribution in [2.45, 2.75) is 38.8 Å². The molecule has 1 unspecified atom stereocenters. The molecular formula is C19H26BrN3O. The summed E-state index contributed by atoms with van der Waals surface area (Å²) in [6, 6.07) is 5.01. The van der Waals surface area contributed by atoms with Gasteiger partial charge in [0, 0.05) is 52.6 Å². The number of fused-ring (bicyclic) bond motifs is 1. The van der Waals surface area contributed by atoms with Crippen molar-refractivity contribution >= 4 is 27.7 Å². The molecule has 0 aromatic carbocycles. The highest BCUT2D eigenvalue weighted by atomic mass is 79.9. The van der Waals surface area contributed by atoms with Crippen molar-refractivity contribution in [1.82, 2.24) is 14.2 Å². The molecule has 130 valence electrons. The lowest BCUT2D eigenvalue weighted by atomic mass is 9.98. The summed E-state index contributed by atoms with van der Waals surface area (Å²) in [5, 5.41) is 0. The number of piperidine rings is 1. The normalized spacial score (nSPS) is 18.4. The first kappa shape index (κ1) is 17.6. The molecule has 3 rings (SSSR count). The number of nitrogens with zero attached hydrogens (tertiary/aromatic N) is 3. The lowest BCUT2D eigenvalue weighted by Crippen LogP contribution is -2.43. The number of carbonyl (C=O) groups excluding carboxylic acids is 1. The molecule has 24 heavy (non-hydrogen) atoms. The van der Waals surface area contributed by atoms with E-state index in [4.69, 9.17) is 0 Å². The number of aromatic nitrogens is 1. The van der Waals surface area contributed by atoms with E-state index in [9.17, 15) is 4.79 Å². The Kier molecular flexibility index (Phi) is 5.13. The van der Waals surface area contributed by atoms with E-state index >= 15 is 0 Å². The minimum Gasteiger partial charge on any atom is -0.318 e. The highest BCUT2D eigenvalue weighted by molar-refractivity contribution is 9.10. The minimum atomic E-state index is 0.287. The Labute approximate surface area is 152 Å². The molecule has 0 spiro atoms. The van der Waals surface area contributed by atoms with Crippen LogP contribution in [0.2, 0.25) is 0 Å². The second-order valence-electron chi connectivity index (χ2n) is 7.09. The van der Waals surface area contributed by atoms with Crippen molar-refractivity contribution in [1.29, 1.82) is 0 Å². The molecule has 1 aliphatic rings. The molecule has 1 saturated heterocycles. The fraction of sp³-hybridized carbons (Fsp3) is 0.526. The number of hydrogen-bond donors (Lipinski definition) is 0. The zero-order valence-electron chi connectivity index (χ0n) is 14.9. The van der Waals surface area contributed by atoms with Crippen LogP contribution in [0.3, 0.4) is 0 Å². The van der Waals surface area contributed by atoms with Gasteiger partial charge >= 0.3 is 0 Å². The molecular weight excluding hydrogens is 366 g/mol. The zero-order valence-corrected chi connectivity index (χ0v) is 16.5. The largest absolute Gasteiger partial charge is 0.318 e. The van der Waals surface area contributed by atoms with Gasteiger partial charge in [-0.15, -0.1) is 0 Å². The van der Waals surface area contributed by atoms with Crippen LogP contribution in [0.15, 0.2) is 22.8 Å². The van der Waals surface area contributed by atoms with E-state index in [1.807, 2.05) is 6.07 Å². The standard InChI is InChI=1S/C19H26BrN3O/c1-13-15(12-24)9-18-10-16(20)11-23(18)19(13)14(2)22-7-5-17(6-8-22)21(3)4/h9-12,14,17H,5-8H2,1-4H3. The highest BCUT2D eigenvalue weighted by Gasteiger charge is 2.27. The third-order valence-electron chi connectivity index (χ3n) is 5.50. The van der Waals surface area contributed by atoms with Crippen LogP contribution < -0.4 is 0 Å². The van der Waals surface area contributed by atoms with Crippen LogP contribution in [0.1, 0.15) is 47.4 Å². The van der Waals surface area contributed by atoms with Crippen molar-refractivity contribution in [3.8, 4) is 0 Å². The maximum Gasteiger partial charge on any atom is 0.150 e. The zero-order chi connectivity index (χ0) is 17.4. The molecule has 1 fully saturated rings. The molecule has 1 atom stereocenters. The fourth-order valence-electron chi connectivity index (χ4n) is 3.96. The van der Waals surface area contributed by atoms with Gasteiger partial charge in [0.1, 0.15) is 6.29 Å². The van der Waals surface area contributed by atoms with E-state index in [-0.39, 0.29) is 6.04 Å². The predicted octanol–water partition coefficient (Wildman–Crippen LogP) is 3.91. The SMILES string of the molecule is Cc1c(C=O)cc2cc(Br)cn2c1C(C)N1CCC(N(C)C)CC1. The van der Waals surface area contributed by atoms with Gasteiger partial charge in [0.25, 0.3) is 0 Å². The number of aldehydes is 1. The van der Waals surface area contributed by atoms with Crippen LogP contribution in [-0.4, -0.2) is 53.7 Å². The van der Waals surface area contributed by atoms with Gasteiger partial charge in [-0.25, -0.2) is 0 Å².